The third-order valence-corrected chi connectivity index (χ3v) is 1.35. The smallest absolute Gasteiger partial charge is 0.0290 e. The molecule has 0 atom stereocenters. The first-order chi connectivity index (χ1) is 4.31. The average molecular weight is 133 g/mol. The van der Waals surface area contributed by atoms with Crippen LogP contribution in [-0.2, 0) is 0 Å². The van der Waals surface area contributed by atoms with Crippen molar-refractivity contribution in [2.45, 2.75) is 33.1 Å². The fourth-order valence-corrected chi connectivity index (χ4v) is 0.691. The summed E-state index contributed by atoms with van der Waals surface area (Å²) < 4.78 is 12.3. The van der Waals surface area contributed by atoms with E-state index >= 15 is 0 Å². The highest BCUT2D eigenvalue weighted by molar-refractivity contribution is 4.42. The molecule has 0 aliphatic carbocycles. The van der Waals surface area contributed by atoms with Gasteiger partial charge in [-0.15, -0.1) is 9.60 Å². The topological polar surface area (TPSA) is 3.24 Å². The molecule has 0 aromatic heterocycles. The lowest BCUT2D eigenvalue weighted by Gasteiger charge is -2.06. The van der Waals surface area contributed by atoms with Gasteiger partial charge < -0.3 is 0 Å². The second kappa shape index (κ2) is 6.02. The summed E-state index contributed by atoms with van der Waals surface area (Å²) in [5.41, 5.74) is 0. The maximum absolute atomic E-state index is 12.3. The van der Waals surface area contributed by atoms with E-state index in [-0.39, 0.29) is 0 Å². The summed E-state index contributed by atoms with van der Waals surface area (Å²) in [5.74, 6) is 0. The highest BCUT2D eigenvalue weighted by atomic mass is 19.2. The van der Waals surface area contributed by atoms with Crippen LogP contribution in [0.15, 0.2) is 0 Å². The lowest BCUT2D eigenvalue weighted by molar-refractivity contribution is 0.0303. The van der Waals surface area contributed by atoms with E-state index in [1.54, 1.807) is 0 Å². The van der Waals surface area contributed by atoms with Crippen LogP contribution < -0.4 is 0 Å². The van der Waals surface area contributed by atoms with Crippen molar-refractivity contribution < 1.29 is 4.48 Å². The van der Waals surface area contributed by atoms with Gasteiger partial charge in [-0.2, -0.15) is 0 Å². The Bertz CT molecular complexity index is 56.9. The molecule has 9 heavy (non-hydrogen) atoms. The molecule has 0 aromatic rings. The fraction of sp³-hybridized carbons (Fsp3) is 1.00. The summed E-state index contributed by atoms with van der Waals surface area (Å²) in [5, 5.41) is 0.857. The van der Waals surface area contributed by atoms with E-state index in [0.29, 0.717) is 13.1 Å². The van der Waals surface area contributed by atoms with Crippen molar-refractivity contribution in [2.24, 2.45) is 0 Å². The number of hydrogen-bond donors (Lipinski definition) is 0. The van der Waals surface area contributed by atoms with Crippen LogP contribution in [0.25, 0.3) is 0 Å². The molecular weight excluding hydrogens is 117 g/mol. The monoisotopic (exact) mass is 133 g/mol. The van der Waals surface area contributed by atoms with Crippen LogP contribution in [0.2, 0.25) is 0 Å². The second-order valence-corrected chi connectivity index (χ2v) is 2.21. The molecule has 56 valence electrons. The van der Waals surface area contributed by atoms with Gasteiger partial charge in [-0.3, -0.25) is 0 Å². The van der Waals surface area contributed by atoms with Crippen molar-refractivity contribution >= 4 is 0 Å². The average Bonchev–Trinajstić information content (AvgIpc) is 1.89. The summed E-state index contributed by atoms with van der Waals surface area (Å²) >= 11 is 0. The van der Waals surface area contributed by atoms with E-state index in [1.165, 1.54) is 0 Å². The Morgan fingerprint density at radius 2 is 1.89 bits per heavy atom. The Kier molecular flexibility index (Phi) is 5.94. The zero-order valence-electron chi connectivity index (χ0n) is 6.36. The molecule has 0 heterocycles. The predicted octanol–water partition coefficient (Wildman–Crippen LogP) is 2.38. The molecule has 0 N–H and O–H groups in total. The van der Waals surface area contributed by atoms with Gasteiger partial charge in [-0.1, -0.05) is 19.8 Å². The molecule has 0 rings (SSSR count). The molecule has 0 saturated heterocycles. The van der Waals surface area contributed by atoms with E-state index in [1.807, 2.05) is 6.92 Å². The molecule has 1 nitrogen and oxygen atoms in total. The Hall–Kier alpha value is -0.110. The lowest BCUT2D eigenvalue weighted by atomic mass is 10.2. The Morgan fingerprint density at radius 1 is 1.22 bits per heavy atom. The summed E-state index contributed by atoms with van der Waals surface area (Å²) in [7, 11) is 0. The highest BCUT2D eigenvalue weighted by Crippen LogP contribution is 1.97. The van der Waals surface area contributed by atoms with Gasteiger partial charge in [-0.25, -0.2) is 0 Å². The van der Waals surface area contributed by atoms with Crippen LogP contribution >= 0.6 is 0 Å². The minimum absolute atomic E-state index is 0.518. The summed E-state index contributed by atoms with van der Waals surface area (Å²) in [4.78, 5) is 0. The Morgan fingerprint density at radius 3 is 2.33 bits per heavy atom. The Labute approximate surface area is 56.8 Å². The number of rotatable bonds is 5. The van der Waals surface area contributed by atoms with Gasteiger partial charge in [-0.05, 0) is 13.3 Å². The van der Waals surface area contributed by atoms with Crippen molar-refractivity contribution in [2.75, 3.05) is 13.1 Å². The maximum atomic E-state index is 12.3. The molecule has 0 aliphatic rings. The SMILES string of the molecule is CCCCCN(F)CC. The van der Waals surface area contributed by atoms with Gasteiger partial charge in [0.1, 0.15) is 0 Å². The molecule has 0 amide bonds. The predicted molar refractivity (Wildman–Crippen MR) is 37.9 cm³/mol. The molecule has 0 spiro atoms. The van der Waals surface area contributed by atoms with Crippen molar-refractivity contribution in [3.8, 4) is 0 Å². The van der Waals surface area contributed by atoms with E-state index in [2.05, 4.69) is 6.92 Å². The molecule has 0 bridgehead atoms. The van der Waals surface area contributed by atoms with Crippen molar-refractivity contribution in [1.29, 1.82) is 0 Å². The first-order valence-corrected chi connectivity index (χ1v) is 3.72. The number of unbranched alkanes of at least 4 members (excludes halogenated alkanes) is 2. The minimum atomic E-state index is 0.518. The van der Waals surface area contributed by atoms with Gasteiger partial charge in [0.05, 0.1) is 0 Å². The van der Waals surface area contributed by atoms with Crippen LogP contribution in [0.1, 0.15) is 33.1 Å². The number of hydrogen-bond acceptors (Lipinski definition) is 1. The molecule has 2 heteroatoms. The van der Waals surface area contributed by atoms with Crippen molar-refractivity contribution in [3.63, 3.8) is 0 Å². The Balaban J connectivity index is 2.88. The van der Waals surface area contributed by atoms with Crippen LogP contribution in [-0.4, -0.2) is 18.2 Å². The number of halogens is 1. The highest BCUT2D eigenvalue weighted by Gasteiger charge is 1.95. The molecule has 0 aliphatic heterocycles. The molecular formula is C7H16FN. The first kappa shape index (κ1) is 8.89. The number of nitrogens with zero attached hydrogens (tertiary/aromatic N) is 1. The van der Waals surface area contributed by atoms with E-state index in [4.69, 9.17) is 0 Å². The maximum Gasteiger partial charge on any atom is 0.0290 e. The summed E-state index contributed by atoms with van der Waals surface area (Å²) in [6.45, 7) is 5.06. The van der Waals surface area contributed by atoms with Gasteiger partial charge >= 0.3 is 0 Å². The third kappa shape index (κ3) is 5.77. The standard InChI is InChI=1S/C7H16FN/c1-3-5-6-7-9(8)4-2/h3-7H2,1-2H3. The summed E-state index contributed by atoms with van der Waals surface area (Å²) in [6, 6.07) is 0. The summed E-state index contributed by atoms with van der Waals surface area (Å²) in [6.07, 6.45) is 3.29. The largest absolute Gasteiger partial charge is 0.147 e. The molecule has 0 fully saturated rings. The second-order valence-electron chi connectivity index (χ2n) is 2.21. The fourth-order valence-electron chi connectivity index (χ4n) is 0.691. The van der Waals surface area contributed by atoms with Crippen LogP contribution in [0, 0.1) is 0 Å². The van der Waals surface area contributed by atoms with Gasteiger partial charge in [0.15, 0.2) is 0 Å². The lowest BCUT2D eigenvalue weighted by Crippen LogP contribution is -2.13. The van der Waals surface area contributed by atoms with Crippen molar-refractivity contribution in [1.82, 2.24) is 5.12 Å². The van der Waals surface area contributed by atoms with Gasteiger partial charge in [0.2, 0.25) is 0 Å². The molecule has 0 saturated carbocycles. The van der Waals surface area contributed by atoms with Gasteiger partial charge in [0, 0.05) is 13.1 Å². The van der Waals surface area contributed by atoms with Gasteiger partial charge in [0.25, 0.3) is 0 Å². The normalized spacial score (nSPS) is 10.7. The third-order valence-electron chi connectivity index (χ3n) is 1.35. The van der Waals surface area contributed by atoms with Crippen LogP contribution in [0.5, 0.6) is 0 Å². The zero-order valence-corrected chi connectivity index (χ0v) is 6.36. The minimum Gasteiger partial charge on any atom is -0.147 e. The molecule has 0 radical (unpaired) electrons. The molecule has 0 unspecified atom stereocenters. The van der Waals surface area contributed by atoms with E-state index in [0.717, 1.165) is 24.4 Å². The van der Waals surface area contributed by atoms with Crippen LogP contribution in [0.3, 0.4) is 0 Å². The molecule has 0 aromatic carbocycles. The van der Waals surface area contributed by atoms with Crippen LogP contribution in [0.4, 0.5) is 4.48 Å². The zero-order chi connectivity index (χ0) is 7.11. The van der Waals surface area contributed by atoms with E-state index < -0.39 is 0 Å². The quantitative estimate of drug-likeness (QED) is 0.411. The van der Waals surface area contributed by atoms with Crippen molar-refractivity contribution in [3.05, 3.63) is 0 Å². The first-order valence-electron chi connectivity index (χ1n) is 3.72. The van der Waals surface area contributed by atoms with E-state index in [9.17, 15) is 4.48 Å².